The molecule has 5 amide bonds. The number of amides is 5. The van der Waals surface area contributed by atoms with Crippen molar-refractivity contribution in [2.75, 3.05) is 6.54 Å². The summed E-state index contributed by atoms with van der Waals surface area (Å²) >= 11 is 0. The fourth-order valence-electron chi connectivity index (χ4n) is 7.48. The van der Waals surface area contributed by atoms with Crippen LogP contribution in [0.25, 0.3) is 0 Å². The Bertz CT molecular complexity index is 1280. The van der Waals surface area contributed by atoms with Gasteiger partial charge in [-0.1, -0.05) is 62.4 Å². The monoisotopic (exact) mass is 685 g/mol. The highest BCUT2D eigenvalue weighted by atomic mass is 16.6. The fraction of sp³-hybridized carbons (Fsp3) is 0.694. The first-order chi connectivity index (χ1) is 23.3. The van der Waals surface area contributed by atoms with Crippen LogP contribution in [0.2, 0.25) is 0 Å². The van der Waals surface area contributed by atoms with Gasteiger partial charge in [-0.3, -0.25) is 14.4 Å². The lowest BCUT2D eigenvalue weighted by molar-refractivity contribution is -0.145. The van der Waals surface area contributed by atoms with Crippen LogP contribution in [0.15, 0.2) is 30.3 Å². The first-order valence-electron chi connectivity index (χ1n) is 17.9. The summed E-state index contributed by atoms with van der Waals surface area (Å²) in [7, 11) is 0. The van der Waals surface area contributed by atoms with Crippen LogP contribution in [-0.2, 0) is 30.5 Å². The van der Waals surface area contributed by atoms with Crippen molar-refractivity contribution < 1.29 is 38.6 Å². The maximum atomic E-state index is 14.3. The van der Waals surface area contributed by atoms with Gasteiger partial charge in [0.1, 0.15) is 24.3 Å². The minimum Gasteiger partial charge on any atom is -0.445 e. The van der Waals surface area contributed by atoms with Crippen molar-refractivity contribution in [3.8, 4) is 0 Å². The Morgan fingerprint density at radius 2 is 1.67 bits per heavy atom. The number of nitrogens with zero attached hydrogens (tertiary/aromatic N) is 1. The van der Waals surface area contributed by atoms with Gasteiger partial charge in [0.2, 0.25) is 17.7 Å². The molecule has 3 aliphatic rings. The number of carbonyl (C=O) groups excluding carboxylic acids is 5. The number of alkyl carbamates (subject to hydrolysis) is 2. The van der Waals surface area contributed by atoms with Crippen molar-refractivity contribution in [3.05, 3.63) is 35.9 Å². The van der Waals surface area contributed by atoms with E-state index in [4.69, 9.17) is 15.2 Å². The quantitative estimate of drug-likeness (QED) is 0.173. The number of nitrogens with two attached hydrogens (primary N) is 1. The molecule has 1 aromatic carbocycles. The first kappa shape index (κ1) is 37.9. The third-order valence-corrected chi connectivity index (χ3v) is 9.82. The van der Waals surface area contributed by atoms with E-state index in [0.717, 1.165) is 50.5 Å². The molecule has 0 aromatic heterocycles. The number of aliphatic hydroxyl groups is 1. The summed E-state index contributed by atoms with van der Waals surface area (Å²) in [6.07, 6.45) is 6.24. The SMILES string of the molecule is CC(C)(C)OC(=O)NC(CC1CCCCC1)C(=O)N1C2CCC(C2)[C@H]1C(=O)NC(CCCCNC(=O)OCc1ccccc1)C(O)C(N)=O. The standard InChI is InChI=1S/C36H55N5O8/c1-36(2,3)49-35(47)40-28(20-23-12-6-4-7-13-23)33(45)41-26-18-17-25(21-26)29(41)32(44)39-27(30(42)31(37)43)16-10-11-19-38-34(46)48-22-24-14-8-5-9-15-24/h5,8-9,14-15,23,25-30,42H,4,6-7,10-13,16-22H2,1-3H3,(H2,37,43)(H,38,46)(H,39,44)(H,40,47)/t25?,26?,27?,28?,29-,30?/m0/s1. The van der Waals surface area contributed by atoms with Crippen molar-refractivity contribution >= 4 is 29.9 Å². The van der Waals surface area contributed by atoms with Gasteiger partial charge in [0.05, 0.1) is 6.04 Å². The molecule has 3 fully saturated rings. The van der Waals surface area contributed by atoms with E-state index in [-0.39, 0.29) is 36.8 Å². The largest absolute Gasteiger partial charge is 0.445 e. The van der Waals surface area contributed by atoms with Gasteiger partial charge < -0.3 is 41.2 Å². The number of benzene rings is 1. The van der Waals surface area contributed by atoms with Gasteiger partial charge in [0, 0.05) is 12.6 Å². The summed E-state index contributed by atoms with van der Waals surface area (Å²) in [5.74, 6) is -1.53. The van der Waals surface area contributed by atoms with Gasteiger partial charge in [-0.05, 0) is 83.1 Å². The number of carbonyl (C=O) groups is 5. The molecule has 1 aliphatic heterocycles. The Balaban J connectivity index is 1.37. The third kappa shape index (κ3) is 11.3. The lowest BCUT2D eigenvalue weighted by atomic mass is 9.84. The van der Waals surface area contributed by atoms with E-state index in [2.05, 4.69) is 16.0 Å². The molecule has 49 heavy (non-hydrogen) atoms. The molecule has 2 aliphatic carbocycles. The zero-order chi connectivity index (χ0) is 35.6. The van der Waals surface area contributed by atoms with Crippen LogP contribution in [0.3, 0.4) is 0 Å². The summed E-state index contributed by atoms with van der Waals surface area (Å²) < 4.78 is 10.7. The maximum Gasteiger partial charge on any atom is 0.408 e. The average molecular weight is 686 g/mol. The van der Waals surface area contributed by atoms with Crippen LogP contribution in [0.4, 0.5) is 9.59 Å². The van der Waals surface area contributed by atoms with Gasteiger partial charge in [-0.25, -0.2) is 9.59 Å². The molecule has 1 aromatic rings. The number of ether oxygens (including phenoxy) is 2. The van der Waals surface area contributed by atoms with Crippen molar-refractivity contribution in [2.24, 2.45) is 17.6 Å². The number of fused-ring (bicyclic) bond motifs is 2. The molecule has 6 atom stereocenters. The van der Waals surface area contributed by atoms with E-state index >= 15 is 0 Å². The Morgan fingerprint density at radius 3 is 2.35 bits per heavy atom. The van der Waals surface area contributed by atoms with Crippen LogP contribution in [0.5, 0.6) is 0 Å². The highest BCUT2D eigenvalue weighted by molar-refractivity contribution is 5.93. The molecule has 2 bridgehead atoms. The van der Waals surface area contributed by atoms with E-state index in [9.17, 15) is 29.1 Å². The fourth-order valence-corrected chi connectivity index (χ4v) is 7.48. The van der Waals surface area contributed by atoms with Crippen LogP contribution in [-0.4, -0.2) is 82.3 Å². The molecular formula is C36H55N5O8. The van der Waals surface area contributed by atoms with Crippen LogP contribution in [0.1, 0.15) is 103 Å². The summed E-state index contributed by atoms with van der Waals surface area (Å²) in [4.78, 5) is 66.8. The second kappa shape index (κ2) is 17.7. The smallest absolute Gasteiger partial charge is 0.408 e. The predicted molar refractivity (Wildman–Crippen MR) is 182 cm³/mol. The zero-order valence-electron chi connectivity index (χ0n) is 29.2. The lowest BCUT2D eigenvalue weighted by Crippen LogP contribution is -2.60. The normalized spacial score (nSPS) is 22.4. The average Bonchev–Trinajstić information content (AvgIpc) is 3.68. The minimum absolute atomic E-state index is 0.0803. The molecule has 0 spiro atoms. The highest BCUT2D eigenvalue weighted by Gasteiger charge is 2.53. The van der Waals surface area contributed by atoms with E-state index in [1.54, 1.807) is 25.7 Å². The first-order valence-corrected chi connectivity index (χ1v) is 17.9. The number of likely N-dealkylation sites (tertiary alicyclic amines) is 1. The highest BCUT2D eigenvalue weighted by Crippen LogP contribution is 2.43. The summed E-state index contributed by atoms with van der Waals surface area (Å²) in [5.41, 5.74) is 5.57. The van der Waals surface area contributed by atoms with Crippen molar-refractivity contribution in [2.45, 2.75) is 140 Å². The molecule has 5 unspecified atom stereocenters. The third-order valence-electron chi connectivity index (χ3n) is 9.82. The Kier molecular flexibility index (Phi) is 13.7. The minimum atomic E-state index is -1.64. The predicted octanol–water partition coefficient (Wildman–Crippen LogP) is 3.66. The number of hydrogen-bond donors (Lipinski definition) is 5. The molecule has 4 rings (SSSR count). The van der Waals surface area contributed by atoms with Crippen molar-refractivity contribution in [3.63, 3.8) is 0 Å². The number of unbranched alkanes of at least 4 members (excludes halogenated alkanes) is 1. The molecule has 2 saturated carbocycles. The Morgan fingerprint density at radius 1 is 0.959 bits per heavy atom. The zero-order valence-corrected chi connectivity index (χ0v) is 29.2. The molecule has 13 heteroatoms. The number of rotatable bonds is 15. The molecular weight excluding hydrogens is 630 g/mol. The Labute approximate surface area is 289 Å². The van der Waals surface area contributed by atoms with E-state index in [1.165, 1.54) is 0 Å². The van der Waals surface area contributed by atoms with Gasteiger partial charge >= 0.3 is 12.2 Å². The van der Waals surface area contributed by atoms with Gasteiger partial charge in [0.25, 0.3) is 0 Å². The Hall–Kier alpha value is -3.87. The van der Waals surface area contributed by atoms with Crippen LogP contribution < -0.4 is 21.7 Å². The number of aliphatic hydroxyl groups excluding tert-OH is 1. The molecule has 0 radical (unpaired) electrons. The van der Waals surface area contributed by atoms with Crippen molar-refractivity contribution in [1.82, 2.24) is 20.9 Å². The van der Waals surface area contributed by atoms with E-state index in [1.807, 2.05) is 30.3 Å². The topological polar surface area (TPSA) is 189 Å². The van der Waals surface area contributed by atoms with Gasteiger partial charge in [-0.2, -0.15) is 0 Å². The molecule has 272 valence electrons. The van der Waals surface area contributed by atoms with Crippen LogP contribution in [0, 0.1) is 11.8 Å². The summed E-state index contributed by atoms with van der Waals surface area (Å²) in [6.45, 7) is 5.73. The molecule has 6 N–H and O–H groups in total. The maximum absolute atomic E-state index is 14.3. The second-order valence-electron chi connectivity index (χ2n) is 14.8. The van der Waals surface area contributed by atoms with Crippen molar-refractivity contribution in [1.29, 1.82) is 0 Å². The number of nitrogens with one attached hydrogen (secondary N) is 3. The van der Waals surface area contributed by atoms with Gasteiger partial charge in [0.15, 0.2) is 6.10 Å². The summed E-state index contributed by atoms with van der Waals surface area (Å²) in [6, 6.07) is 6.54. The van der Waals surface area contributed by atoms with E-state index in [0.29, 0.717) is 32.2 Å². The summed E-state index contributed by atoms with van der Waals surface area (Å²) in [5, 5.41) is 19.0. The molecule has 1 heterocycles. The number of piperidine rings is 1. The lowest BCUT2D eigenvalue weighted by Gasteiger charge is -2.38. The van der Waals surface area contributed by atoms with Crippen LogP contribution >= 0.6 is 0 Å². The number of primary amides is 1. The van der Waals surface area contributed by atoms with Gasteiger partial charge in [-0.15, -0.1) is 0 Å². The van der Waals surface area contributed by atoms with E-state index < -0.39 is 53.8 Å². The number of hydrogen-bond acceptors (Lipinski definition) is 8. The molecule has 13 nitrogen and oxygen atoms in total. The molecule has 1 saturated heterocycles. The second-order valence-corrected chi connectivity index (χ2v) is 14.8.